The lowest BCUT2D eigenvalue weighted by atomic mass is 10.0. The van der Waals surface area contributed by atoms with Gasteiger partial charge in [0.15, 0.2) is 5.78 Å². The quantitative estimate of drug-likeness (QED) is 0.873. The summed E-state index contributed by atoms with van der Waals surface area (Å²) < 4.78 is 0. The van der Waals surface area contributed by atoms with Crippen LogP contribution in [0.3, 0.4) is 0 Å². The summed E-state index contributed by atoms with van der Waals surface area (Å²) in [6.45, 7) is 2.87. The van der Waals surface area contributed by atoms with E-state index in [1.807, 2.05) is 12.1 Å². The third-order valence-electron chi connectivity index (χ3n) is 2.22. The Hall–Kier alpha value is -1.35. The van der Waals surface area contributed by atoms with E-state index in [0.717, 1.165) is 5.56 Å². The van der Waals surface area contributed by atoms with E-state index in [0.29, 0.717) is 11.4 Å². The summed E-state index contributed by atoms with van der Waals surface area (Å²) in [7, 11) is 0. The van der Waals surface area contributed by atoms with Gasteiger partial charge >= 0.3 is 0 Å². The van der Waals surface area contributed by atoms with E-state index in [1.165, 1.54) is 13.8 Å². The molecule has 16 heavy (non-hydrogen) atoms. The number of carbonyl (C=O) groups is 2. The van der Waals surface area contributed by atoms with E-state index in [9.17, 15) is 9.59 Å². The highest BCUT2D eigenvalue weighted by Gasteiger charge is 2.15. The first kappa shape index (κ1) is 12.7. The molecule has 0 fully saturated rings. The van der Waals surface area contributed by atoms with E-state index in [-0.39, 0.29) is 11.7 Å². The Kier molecular flexibility index (Phi) is 4.50. The monoisotopic (exact) mass is 239 g/mol. The molecule has 0 aromatic heterocycles. The molecule has 0 radical (unpaired) electrons. The Morgan fingerprint density at radius 2 is 1.81 bits per heavy atom. The van der Waals surface area contributed by atoms with Gasteiger partial charge in [-0.25, -0.2) is 0 Å². The molecule has 86 valence electrons. The Balaban J connectivity index is 2.71. The van der Waals surface area contributed by atoms with Gasteiger partial charge in [0.05, 0.1) is 6.04 Å². The molecule has 0 saturated carbocycles. The standard InChI is InChI=1S/C12H14ClNO2/c1-8(15)12(14-9(2)16)7-10-3-5-11(13)6-4-10/h3-6,12H,7H2,1-2H3,(H,14,16). The lowest BCUT2D eigenvalue weighted by Crippen LogP contribution is -2.40. The number of amides is 1. The van der Waals surface area contributed by atoms with Crippen LogP contribution in [0.1, 0.15) is 19.4 Å². The van der Waals surface area contributed by atoms with Crippen molar-refractivity contribution in [3.05, 3.63) is 34.9 Å². The molecular weight excluding hydrogens is 226 g/mol. The van der Waals surface area contributed by atoms with Crippen LogP contribution in [0.2, 0.25) is 5.02 Å². The number of rotatable bonds is 4. The predicted octanol–water partition coefficient (Wildman–Crippen LogP) is 1.98. The van der Waals surface area contributed by atoms with Crippen molar-refractivity contribution in [2.24, 2.45) is 0 Å². The van der Waals surface area contributed by atoms with Gasteiger partial charge in [0.1, 0.15) is 0 Å². The van der Waals surface area contributed by atoms with Gasteiger partial charge in [0, 0.05) is 11.9 Å². The summed E-state index contributed by atoms with van der Waals surface area (Å²) in [5.41, 5.74) is 0.971. The minimum atomic E-state index is -0.460. The van der Waals surface area contributed by atoms with Crippen molar-refractivity contribution in [1.82, 2.24) is 5.32 Å². The average molecular weight is 240 g/mol. The Morgan fingerprint density at radius 3 is 2.25 bits per heavy atom. The maximum absolute atomic E-state index is 11.3. The van der Waals surface area contributed by atoms with Crippen LogP contribution in [-0.2, 0) is 16.0 Å². The first-order chi connectivity index (χ1) is 7.49. The van der Waals surface area contributed by atoms with Crippen molar-refractivity contribution in [1.29, 1.82) is 0 Å². The van der Waals surface area contributed by atoms with Gasteiger partial charge in [-0.05, 0) is 31.0 Å². The maximum Gasteiger partial charge on any atom is 0.217 e. The van der Waals surface area contributed by atoms with Crippen LogP contribution in [0, 0.1) is 0 Å². The highest BCUT2D eigenvalue weighted by atomic mass is 35.5. The summed E-state index contributed by atoms with van der Waals surface area (Å²) >= 11 is 5.76. The van der Waals surface area contributed by atoms with Crippen molar-refractivity contribution in [2.75, 3.05) is 0 Å². The Labute approximate surface area is 99.8 Å². The topological polar surface area (TPSA) is 46.2 Å². The Bertz CT molecular complexity index is 387. The summed E-state index contributed by atoms with van der Waals surface area (Å²) in [4.78, 5) is 22.2. The van der Waals surface area contributed by atoms with E-state index >= 15 is 0 Å². The predicted molar refractivity (Wildman–Crippen MR) is 63.4 cm³/mol. The third-order valence-corrected chi connectivity index (χ3v) is 2.47. The van der Waals surface area contributed by atoms with Crippen LogP contribution in [0.15, 0.2) is 24.3 Å². The molecule has 1 amide bonds. The molecule has 0 heterocycles. The zero-order valence-electron chi connectivity index (χ0n) is 9.29. The van der Waals surface area contributed by atoms with Crippen LogP contribution in [0.5, 0.6) is 0 Å². The van der Waals surface area contributed by atoms with Gasteiger partial charge in [0.2, 0.25) is 5.91 Å². The van der Waals surface area contributed by atoms with Crippen LogP contribution in [-0.4, -0.2) is 17.7 Å². The zero-order chi connectivity index (χ0) is 12.1. The normalized spacial score (nSPS) is 11.9. The maximum atomic E-state index is 11.3. The lowest BCUT2D eigenvalue weighted by Gasteiger charge is -2.14. The van der Waals surface area contributed by atoms with Crippen LogP contribution >= 0.6 is 11.6 Å². The fourth-order valence-electron chi connectivity index (χ4n) is 1.40. The molecule has 3 nitrogen and oxygen atoms in total. The number of hydrogen-bond acceptors (Lipinski definition) is 2. The number of Topliss-reactive ketones (excluding diaryl/α,β-unsaturated/α-hetero) is 1. The van der Waals surface area contributed by atoms with E-state index in [4.69, 9.17) is 11.6 Å². The van der Waals surface area contributed by atoms with Crippen molar-refractivity contribution in [3.8, 4) is 0 Å². The summed E-state index contributed by atoms with van der Waals surface area (Å²) in [6.07, 6.45) is 0.492. The Morgan fingerprint density at radius 1 is 1.25 bits per heavy atom. The molecule has 1 unspecified atom stereocenters. The van der Waals surface area contributed by atoms with Gasteiger partial charge in [-0.1, -0.05) is 23.7 Å². The molecule has 0 aliphatic rings. The molecular formula is C12H14ClNO2. The summed E-state index contributed by atoms with van der Waals surface area (Å²) in [6, 6.07) is 6.77. The molecule has 4 heteroatoms. The largest absolute Gasteiger partial charge is 0.346 e. The van der Waals surface area contributed by atoms with Gasteiger partial charge in [-0.15, -0.1) is 0 Å². The van der Waals surface area contributed by atoms with Crippen LogP contribution in [0.4, 0.5) is 0 Å². The molecule has 0 aliphatic heterocycles. The molecule has 1 rings (SSSR count). The lowest BCUT2D eigenvalue weighted by molar-refractivity contribution is -0.125. The van der Waals surface area contributed by atoms with Gasteiger partial charge in [-0.3, -0.25) is 9.59 Å². The SMILES string of the molecule is CC(=O)NC(Cc1ccc(Cl)cc1)C(C)=O. The molecule has 0 saturated heterocycles. The fraction of sp³-hybridized carbons (Fsp3) is 0.333. The number of carbonyl (C=O) groups excluding carboxylic acids is 2. The molecule has 1 N–H and O–H groups in total. The molecule has 1 atom stereocenters. The molecule has 1 aromatic carbocycles. The summed E-state index contributed by atoms with van der Waals surface area (Å²) in [5.74, 6) is -0.251. The highest BCUT2D eigenvalue weighted by Crippen LogP contribution is 2.11. The second-order valence-corrected chi connectivity index (χ2v) is 4.13. The second kappa shape index (κ2) is 5.66. The minimum absolute atomic E-state index is 0.0508. The number of nitrogens with one attached hydrogen (secondary N) is 1. The van der Waals surface area contributed by atoms with Crippen molar-refractivity contribution < 1.29 is 9.59 Å². The van der Waals surface area contributed by atoms with Crippen molar-refractivity contribution in [3.63, 3.8) is 0 Å². The van der Waals surface area contributed by atoms with Crippen LogP contribution < -0.4 is 5.32 Å². The minimum Gasteiger partial charge on any atom is -0.346 e. The van der Waals surface area contributed by atoms with E-state index < -0.39 is 6.04 Å². The molecule has 0 bridgehead atoms. The second-order valence-electron chi connectivity index (χ2n) is 3.69. The van der Waals surface area contributed by atoms with Crippen LogP contribution in [0.25, 0.3) is 0 Å². The number of hydrogen-bond donors (Lipinski definition) is 1. The highest BCUT2D eigenvalue weighted by molar-refractivity contribution is 6.30. The third kappa shape index (κ3) is 4.03. The van der Waals surface area contributed by atoms with E-state index in [1.54, 1.807) is 12.1 Å². The molecule has 1 aromatic rings. The molecule has 0 spiro atoms. The molecule has 0 aliphatic carbocycles. The van der Waals surface area contributed by atoms with Gasteiger partial charge in [-0.2, -0.15) is 0 Å². The number of halogens is 1. The fourth-order valence-corrected chi connectivity index (χ4v) is 1.52. The zero-order valence-corrected chi connectivity index (χ0v) is 10.0. The first-order valence-corrected chi connectivity index (χ1v) is 5.39. The smallest absolute Gasteiger partial charge is 0.217 e. The van der Waals surface area contributed by atoms with Crippen molar-refractivity contribution >= 4 is 23.3 Å². The van der Waals surface area contributed by atoms with Gasteiger partial charge < -0.3 is 5.32 Å². The first-order valence-electron chi connectivity index (χ1n) is 5.01. The van der Waals surface area contributed by atoms with E-state index in [2.05, 4.69) is 5.32 Å². The average Bonchev–Trinajstić information content (AvgIpc) is 2.19. The number of benzene rings is 1. The van der Waals surface area contributed by atoms with Gasteiger partial charge in [0.25, 0.3) is 0 Å². The number of ketones is 1. The van der Waals surface area contributed by atoms with Crippen molar-refractivity contribution in [2.45, 2.75) is 26.3 Å². The summed E-state index contributed by atoms with van der Waals surface area (Å²) in [5, 5.41) is 3.28.